The smallest absolute Gasteiger partial charge is 0.0508 e. The first-order valence-corrected chi connectivity index (χ1v) is 8.28. The molecule has 0 amide bonds. The van der Waals surface area contributed by atoms with E-state index in [-0.39, 0.29) is 6.04 Å². The molecule has 2 heterocycles. The van der Waals surface area contributed by atoms with Crippen LogP contribution in [0.4, 0.5) is 0 Å². The number of nitrogens with two attached hydrogens (primary N) is 1. The number of fused-ring (bicyclic) bond motifs is 1. The number of thiophene rings is 1. The van der Waals surface area contributed by atoms with Crippen LogP contribution in [0, 0.1) is 0 Å². The van der Waals surface area contributed by atoms with E-state index in [1.807, 2.05) is 0 Å². The lowest BCUT2D eigenvalue weighted by Gasteiger charge is -2.33. The van der Waals surface area contributed by atoms with Crippen LogP contribution in [-0.4, -0.2) is 17.5 Å². The van der Waals surface area contributed by atoms with Crippen LogP contribution in [0.2, 0.25) is 0 Å². The summed E-state index contributed by atoms with van der Waals surface area (Å²) >= 11 is 1.76. The van der Waals surface area contributed by atoms with Crippen LogP contribution < -0.4 is 5.73 Å². The summed E-state index contributed by atoms with van der Waals surface area (Å²) in [7, 11) is 0. The van der Waals surface area contributed by atoms with Gasteiger partial charge in [-0.2, -0.15) is 11.3 Å². The summed E-state index contributed by atoms with van der Waals surface area (Å²) in [5, 5.41) is 4.39. The zero-order valence-corrected chi connectivity index (χ0v) is 12.8. The number of hydrogen-bond donors (Lipinski definition) is 1. The van der Waals surface area contributed by atoms with E-state index in [1.54, 1.807) is 11.3 Å². The molecule has 1 aromatic heterocycles. The monoisotopic (exact) mass is 286 g/mol. The average Bonchev–Trinajstić information content (AvgIpc) is 2.85. The highest BCUT2D eigenvalue weighted by molar-refractivity contribution is 7.07. The van der Waals surface area contributed by atoms with Gasteiger partial charge in [-0.05, 0) is 59.8 Å². The van der Waals surface area contributed by atoms with Crippen LogP contribution >= 0.6 is 11.3 Å². The Hall–Kier alpha value is -1.16. The van der Waals surface area contributed by atoms with Crippen LogP contribution in [0.1, 0.15) is 36.1 Å². The molecular weight excluding hydrogens is 264 g/mol. The van der Waals surface area contributed by atoms with Gasteiger partial charge in [0.15, 0.2) is 0 Å². The lowest BCUT2D eigenvalue weighted by Crippen LogP contribution is -2.39. The molecule has 0 radical (unpaired) electrons. The van der Waals surface area contributed by atoms with E-state index in [2.05, 4.69) is 52.9 Å². The average molecular weight is 286 g/mol. The standard InChI is InChI=1S/C17H22N2S/c1-13(18)17(16-8-10-20-12-16)19-9-4-7-14-5-2-3-6-15(14)11-19/h2-3,5-6,8,10,12-13,17H,4,7,9,11,18H2,1H3. The van der Waals surface area contributed by atoms with E-state index in [1.165, 1.54) is 29.5 Å². The number of nitrogens with zero attached hydrogens (tertiary/aromatic N) is 1. The van der Waals surface area contributed by atoms with E-state index in [9.17, 15) is 0 Å². The van der Waals surface area contributed by atoms with Crippen LogP contribution in [0.3, 0.4) is 0 Å². The zero-order valence-electron chi connectivity index (χ0n) is 12.0. The van der Waals surface area contributed by atoms with Crippen LogP contribution in [0.15, 0.2) is 41.1 Å². The van der Waals surface area contributed by atoms with Crippen LogP contribution in [0.25, 0.3) is 0 Å². The van der Waals surface area contributed by atoms with Crippen LogP contribution in [-0.2, 0) is 13.0 Å². The van der Waals surface area contributed by atoms with Crippen molar-refractivity contribution < 1.29 is 0 Å². The molecule has 0 spiro atoms. The predicted molar refractivity (Wildman–Crippen MR) is 85.9 cm³/mol. The van der Waals surface area contributed by atoms with E-state index in [0.717, 1.165) is 13.1 Å². The Bertz CT molecular complexity index is 548. The second-order valence-electron chi connectivity index (χ2n) is 5.70. The first kappa shape index (κ1) is 13.8. The fourth-order valence-electron chi connectivity index (χ4n) is 3.25. The molecule has 106 valence electrons. The molecule has 0 saturated carbocycles. The van der Waals surface area contributed by atoms with Crippen molar-refractivity contribution in [3.63, 3.8) is 0 Å². The second kappa shape index (κ2) is 6.08. The van der Waals surface area contributed by atoms with Gasteiger partial charge in [0.05, 0.1) is 6.04 Å². The summed E-state index contributed by atoms with van der Waals surface area (Å²) in [6.45, 7) is 4.26. The fourth-order valence-corrected chi connectivity index (χ4v) is 3.94. The summed E-state index contributed by atoms with van der Waals surface area (Å²) in [4.78, 5) is 2.55. The highest BCUT2D eigenvalue weighted by atomic mass is 32.1. The number of hydrogen-bond acceptors (Lipinski definition) is 3. The molecule has 2 N–H and O–H groups in total. The first-order chi connectivity index (χ1) is 9.75. The number of rotatable bonds is 3. The second-order valence-corrected chi connectivity index (χ2v) is 6.48. The summed E-state index contributed by atoms with van der Waals surface area (Å²) in [6.07, 6.45) is 2.40. The van der Waals surface area contributed by atoms with Crippen molar-refractivity contribution in [2.24, 2.45) is 5.73 Å². The van der Waals surface area contributed by atoms with Gasteiger partial charge in [-0.1, -0.05) is 24.3 Å². The van der Waals surface area contributed by atoms with E-state index in [0.29, 0.717) is 6.04 Å². The SMILES string of the molecule is CC(N)C(c1ccsc1)N1CCCc2ccccc2C1. The maximum atomic E-state index is 6.29. The Morgan fingerprint density at radius 3 is 2.70 bits per heavy atom. The maximum absolute atomic E-state index is 6.29. The zero-order chi connectivity index (χ0) is 13.9. The van der Waals surface area contributed by atoms with Gasteiger partial charge in [0.2, 0.25) is 0 Å². The van der Waals surface area contributed by atoms with Crippen molar-refractivity contribution in [3.05, 3.63) is 57.8 Å². The van der Waals surface area contributed by atoms with Crippen molar-refractivity contribution in [2.75, 3.05) is 6.54 Å². The molecule has 2 aromatic rings. The third-order valence-corrected chi connectivity index (χ3v) is 4.86. The quantitative estimate of drug-likeness (QED) is 0.934. The third kappa shape index (κ3) is 2.80. The summed E-state index contributed by atoms with van der Waals surface area (Å²) in [6, 6.07) is 11.5. The van der Waals surface area contributed by atoms with E-state index < -0.39 is 0 Å². The van der Waals surface area contributed by atoms with Gasteiger partial charge in [-0.3, -0.25) is 4.90 Å². The molecule has 3 rings (SSSR count). The number of aryl methyl sites for hydroxylation is 1. The largest absolute Gasteiger partial charge is 0.326 e. The molecule has 20 heavy (non-hydrogen) atoms. The van der Waals surface area contributed by atoms with Gasteiger partial charge in [0.1, 0.15) is 0 Å². The van der Waals surface area contributed by atoms with Gasteiger partial charge >= 0.3 is 0 Å². The Balaban J connectivity index is 1.89. The van der Waals surface area contributed by atoms with Gasteiger partial charge in [0.25, 0.3) is 0 Å². The van der Waals surface area contributed by atoms with Gasteiger partial charge in [-0.15, -0.1) is 0 Å². The topological polar surface area (TPSA) is 29.3 Å². The molecule has 2 atom stereocenters. The Labute approximate surface area is 125 Å². The Morgan fingerprint density at radius 2 is 2.00 bits per heavy atom. The van der Waals surface area contributed by atoms with E-state index in [4.69, 9.17) is 5.73 Å². The summed E-state index contributed by atoms with van der Waals surface area (Å²) < 4.78 is 0. The number of benzene rings is 1. The van der Waals surface area contributed by atoms with Gasteiger partial charge in [0, 0.05) is 12.6 Å². The minimum Gasteiger partial charge on any atom is -0.326 e. The lowest BCUT2D eigenvalue weighted by molar-refractivity contribution is 0.170. The molecular formula is C17H22N2S. The third-order valence-electron chi connectivity index (χ3n) is 4.16. The minimum atomic E-state index is 0.148. The minimum absolute atomic E-state index is 0.148. The molecule has 2 unspecified atom stereocenters. The Morgan fingerprint density at radius 1 is 1.20 bits per heavy atom. The van der Waals surface area contributed by atoms with Crippen LogP contribution in [0.5, 0.6) is 0 Å². The molecule has 0 fully saturated rings. The fraction of sp³-hybridized carbons (Fsp3) is 0.412. The summed E-state index contributed by atoms with van der Waals surface area (Å²) in [5.41, 5.74) is 10.6. The molecule has 3 heteroatoms. The highest BCUT2D eigenvalue weighted by Crippen LogP contribution is 2.30. The van der Waals surface area contributed by atoms with Crippen molar-refractivity contribution in [1.29, 1.82) is 0 Å². The summed E-state index contributed by atoms with van der Waals surface area (Å²) in [5.74, 6) is 0. The first-order valence-electron chi connectivity index (χ1n) is 7.34. The predicted octanol–water partition coefficient (Wildman–Crippen LogP) is 3.58. The molecule has 0 bridgehead atoms. The lowest BCUT2D eigenvalue weighted by atomic mass is 10.0. The molecule has 0 saturated heterocycles. The molecule has 1 aliphatic heterocycles. The van der Waals surface area contributed by atoms with Crippen molar-refractivity contribution in [2.45, 2.75) is 38.4 Å². The highest BCUT2D eigenvalue weighted by Gasteiger charge is 2.26. The maximum Gasteiger partial charge on any atom is 0.0508 e. The molecule has 1 aromatic carbocycles. The van der Waals surface area contributed by atoms with Crippen molar-refractivity contribution >= 4 is 11.3 Å². The molecule has 1 aliphatic rings. The molecule has 2 nitrogen and oxygen atoms in total. The van der Waals surface area contributed by atoms with Gasteiger partial charge in [-0.25, -0.2) is 0 Å². The Kier molecular flexibility index (Phi) is 4.20. The normalized spacial score (nSPS) is 19.1. The van der Waals surface area contributed by atoms with E-state index >= 15 is 0 Å². The van der Waals surface area contributed by atoms with Gasteiger partial charge < -0.3 is 5.73 Å². The molecule has 0 aliphatic carbocycles. The van der Waals surface area contributed by atoms with Crippen molar-refractivity contribution in [3.8, 4) is 0 Å². The van der Waals surface area contributed by atoms with Crippen molar-refractivity contribution in [1.82, 2.24) is 4.90 Å².